The summed E-state index contributed by atoms with van der Waals surface area (Å²) in [7, 11) is 1.59. The first-order valence-corrected chi connectivity index (χ1v) is 13.4. The van der Waals surface area contributed by atoms with Gasteiger partial charge in [-0.1, -0.05) is 6.07 Å². The van der Waals surface area contributed by atoms with Crippen LogP contribution in [-0.2, 0) is 11.3 Å². The van der Waals surface area contributed by atoms with E-state index >= 15 is 0 Å². The Morgan fingerprint density at radius 2 is 1.95 bits per heavy atom. The highest BCUT2D eigenvalue weighted by atomic mass is 16.6. The Kier molecular flexibility index (Phi) is 7.03. The molecule has 2 aromatic rings. The molecule has 4 bridgehead atoms. The summed E-state index contributed by atoms with van der Waals surface area (Å²) in [5.74, 6) is 3.10. The van der Waals surface area contributed by atoms with Crippen molar-refractivity contribution in [2.24, 2.45) is 23.2 Å². The van der Waals surface area contributed by atoms with Crippen molar-refractivity contribution in [1.82, 2.24) is 20.3 Å². The Balaban J connectivity index is 1.24. The van der Waals surface area contributed by atoms with Crippen LogP contribution >= 0.6 is 0 Å². The van der Waals surface area contributed by atoms with Gasteiger partial charge in [0.05, 0.1) is 13.3 Å². The van der Waals surface area contributed by atoms with E-state index in [9.17, 15) is 10.1 Å². The van der Waals surface area contributed by atoms with Crippen LogP contribution in [0.2, 0.25) is 0 Å². The zero-order valence-corrected chi connectivity index (χ0v) is 22.6. The van der Waals surface area contributed by atoms with E-state index in [1.165, 1.54) is 6.42 Å². The van der Waals surface area contributed by atoms with Gasteiger partial charge >= 0.3 is 6.09 Å². The number of nitrogens with zero attached hydrogens (tertiary/aromatic N) is 4. The Labute approximate surface area is 223 Å². The van der Waals surface area contributed by atoms with Gasteiger partial charge in [0.25, 0.3) is 0 Å². The van der Waals surface area contributed by atoms with Crippen molar-refractivity contribution in [2.45, 2.75) is 71.1 Å². The maximum Gasteiger partial charge on any atom is 0.407 e. The lowest BCUT2D eigenvalue weighted by Crippen LogP contribution is -2.60. The number of nitrogens with one attached hydrogen (secondary N) is 3. The summed E-state index contributed by atoms with van der Waals surface area (Å²) in [5, 5.41) is 19.6. The zero-order chi connectivity index (χ0) is 26.9. The van der Waals surface area contributed by atoms with Crippen LogP contribution in [0.25, 0.3) is 0 Å². The van der Waals surface area contributed by atoms with Gasteiger partial charge in [-0.2, -0.15) is 10.2 Å². The number of pyridine rings is 1. The summed E-state index contributed by atoms with van der Waals surface area (Å²) in [6.07, 6.45) is 8.50. The van der Waals surface area contributed by atoms with Gasteiger partial charge < -0.3 is 25.4 Å². The minimum absolute atomic E-state index is 0.136. The fourth-order valence-electron chi connectivity index (χ4n) is 6.96. The van der Waals surface area contributed by atoms with Crippen molar-refractivity contribution < 1.29 is 14.3 Å². The summed E-state index contributed by atoms with van der Waals surface area (Å²) in [5.41, 5.74) is 0.940. The van der Waals surface area contributed by atoms with Crippen molar-refractivity contribution in [3.8, 4) is 11.9 Å². The number of amides is 1. The molecule has 0 radical (unpaired) electrons. The maximum absolute atomic E-state index is 12.5. The molecule has 0 aromatic carbocycles. The first-order valence-electron chi connectivity index (χ1n) is 13.4. The second-order valence-corrected chi connectivity index (χ2v) is 12.1. The SMILES string of the molecule is COc1ncccc1CNc1ncc(C#N)c(NC[C@]23CC4C[C@H](C2)[C@@H](NC(=O)OC(C)(C)C)[C@@H](C4)C3)n1. The third kappa shape index (κ3) is 5.62. The van der Waals surface area contributed by atoms with Crippen molar-refractivity contribution in [2.75, 3.05) is 24.3 Å². The molecule has 202 valence electrons. The molecule has 10 heteroatoms. The fraction of sp³-hybridized carbons (Fsp3) is 0.607. The number of rotatable bonds is 8. The van der Waals surface area contributed by atoms with Crippen molar-refractivity contribution in [3.05, 3.63) is 35.7 Å². The average Bonchev–Trinajstić information content (AvgIpc) is 2.87. The standard InChI is InChI=1S/C28H37N7O3/c1-27(2,3)38-26(36)34-22-19-8-17-9-20(22)12-28(10-17,11-19)16-33-23-21(13-29)15-32-25(35-23)31-14-18-6-5-7-30-24(18)37-4/h5-7,15,17,19-20,22H,8-12,14,16H2,1-4H3,(H,34,36)(H2,31,32,33,35)/t17?,19-,20+,22-,28-. The lowest BCUT2D eigenvalue weighted by atomic mass is 9.48. The van der Waals surface area contributed by atoms with Crippen molar-refractivity contribution >= 4 is 17.9 Å². The number of nitriles is 1. The van der Waals surface area contributed by atoms with E-state index in [2.05, 4.69) is 37.0 Å². The molecular formula is C28H37N7O3. The van der Waals surface area contributed by atoms with Crippen molar-refractivity contribution in [3.63, 3.8) is 0 Å². The number of carbonyl (C=O) groups excluding carboxylic acids is 1. The number of aromatic nitrogens is 3. The van der Waals surface area contributed by atoms with Crippen LogP contribution in [-0.4, -0.2) is 46.3 Å². The molecule has 4 fully saturated rings. The van der Waals surface area contributed by atoms with Crippen LogP contribution in [0.1, 0.15) is 64.0 Å². The average molecular weight is 520 g/mol. The molecule has 10 nitrogen and oxygen atoms in total. The number of anilines is 2. The number of hydrogen-bond donors (Lipinski definition) is 3. The van der Waals surface area contributed by atoms with Crippen LogP contribution in [0, 0.1) is 34.5 Å². The van der Waals surface area contributed by atoms with Crippen LogP contribution in [0.3, 0.4) is 0 Å². The quantitative estimate of drug-likeness (QED) is 0.461. The van der Waals surface area contributed by atoms with Gasteiger partial charge in [0.2, 0.25) is 11.8 Å². The first-order chi connectivity index (χ1) is 18.2. The molecule has 2 aromatic heterocycles. The third-order valence-corrected chi connectivity index (χ3v) is 8.10. The van der Waals surface area contributed by atoms with Gasteiger partial charge in [-0.25, -0.2) is 14.8 Å². The van der Waals surface area contributed by atoms with Gasteiger partial charge in [-0.3, -0.25) is 0 Å². The van der Waals surface area contributed by atoms with E-state index in [0.717, 1.165) is 37.8 Å². The molecule has 1 unspecified atom stereocenters. The van der Waals surface area contributed by atoms with Crippen molar-refractivity contribution in [1.29, 1.82) is 5.26 Å². The zero-order valence-electron chi connectivity index (χ0n) is 22.6. The van der Waals surface area contributed by atoms with Crippen LogP contribution in [0.5, 0.6) is 5.88 Å². The summed E-state index contributed by atoms with van der Waals surface area (Å²) in [4.78, 5) is 25.7. The Hall–Kier alpha value is -3.61. The van der Waals surface area contributed by atoms with E-state index in [1.54, 1.807) is 19.5 Å². The maximum atomic E-state index is 12.5. The largest absolute Gasteiger partial charge is 0.481 e. The van der Waals surface area contributed by atoms with E-state index in [0.29, 0.717) is 47.5 Å². The monoisotopic (exact) mass is 519 g/mol. The smallest absolute Gasteiger partial charge is 0.407 e. The first kappa shape index (κ1) is 26.0. The Morgan fingerprint density at radius 3 is 2.63 bits per heavy atom. The van der Waals surface area contributed by atoms with Gasteiger partial charge in [-0.15, -0.1) is 0 Å². The molecular weight excluding hydrogens is 482 g/mol. The van der Waals surface area contributed by atoms with Gasteiger partial charge in [-0.05, 0) is 82.1 Å². The number of carbonyl (C=O) groups is 1. The highest BCUT2D eigenvalue weighted by Gasteiger charge is 2.55. The van der Waals surface area contributed by atoms with E-state index in [-0.39, 0.29) is 17.6 Å². The van der Waals surface area contributed by atoms with Crippen LogP contribution in [0.15, 0.2) is 24.5 Å². The molecule has 3 N–H and O–H groups in total. The topological polar surface area (TPSA) is 134 Å². The molecule has 4 aliphatic carbocycles. The molecule has 1 amide bonds. The molecule has 0 saturated heterocycles. The molecule has 0 spiro atoms. The molecule has 5 atom stereocenters. The predicted molar refractivity (Wildman–Crippen MR) is 142 cm³/mol. The minimum Gasteiger partial charge on any atom is -0.481 e. The fourth-order valence-corrected chi connectivity index (χ4v) is 6.96. The minimum atomic E-state index is -0.505. The second-order valence-electron chi connectivity index (χ2n) is 12.1. The Bertz CT molecular complexity index is 1210. The molecule has 6 rings (SSSR count). The van der Waals surface area contributed by atoms with Gasteiger partial charge in [0.15, 0.2) is 0 Å². The molecule has 4 saturated carbocycles. The number of methoxy groups -OCH3 is 1. The molecule has 4 aliphatic rings. The molecule has 0 aliphatic heterocycles. The summed E-state index contributed by atoms with van der Waals surface area (Å²) < 4.78 is 10.9. The summed E-state index contributed by atoms with van der Waals surface area (Å²) >= 11 is 0. The van der Waals surface area contributed by atoms with Gasteiger partial charge in [0, 0.05) is 30.9 Å². The number of hydrogen-bond acceptors (Lipinski definition) is 9. The summed E-state index contributed by atoms with van der Waals surface area (Å²) in [6.45, 7) is 6.87. The molecule has 38 heavy (non-hydrogen) atoms. The van der Waals surface area contributed by atoms with Gasteiger partial charge in [0.1, 0.15) is 23.1 Å². The third-order valence-electron chi connectivity index (χ3n) is 8.10. The van der Waals surface area contributed by atoms with Crippen LogP contribution < -0.4 is 20.7 Å². The summed E-state index contributed by atoms with van der Waals surface area (Å²) in [6, 6.07) is 6.17. The second kappa shape index (κ2) is 10.3. The van der Waals surface area contributed by atoms with E-state index < -0.39 is 5.60 Å². The normalized spacial score (nSPS) is 27.3. The lowest BCUT2D eigenvalue weighted by molar-refractivity contribution is -0.0703. The van der Waals surface area contributed by atoms with Crippen LogP contribution in [0.4, 0.5) is 16.6 Å². The predicted octanol–water partition coefficient (Wildman–Crippen LogP) is 4.50. The highest BCUT2D eigenvalue weighted by Crippen LogP contribution is 2.60. The Morgan fingerprint density at radius 1 is 1.18 bits per heavy atom. The highest BCUT2D eigenvalue weighted by molar-refractivity contribution is 5.68. The van der Waals surface area contributed by atoms with E-state index in [1.807, 2.05) is 32.9 Å². The number of alkyl carbamates (subject to hydrolysis) is 1. The lowest BCUT2D eigenvalue weighted by Gasteiger charge is -2.60. The van der Waals surface area contributed by atoms with E-state index in [4.69, 9.17) is 9.47 Å². The number of ether oxygens (including phenoxy) is 2. The molecule has 2 heterocycles.